The Labute approximate surface area is 133 Å². The molecule has 0 N–H and O–H groups in total. The normalized spacial score (nSPS) is 14.6. The molecule has 0 unspecified atom stereocenters. The predicted octanol–water partition coefficient (Wildman–Crippen LogP) is -0.559. The van der Waals surface area contributed by atoms with Gasteiger partial charge in [0.1, 0.15) is 6.33 Å². The average Bonchev–Trinajstić information content (AvgIpc) is 2.57. The van der Waals surface area contributed by atoms with Crippen LogP contribution in [0.4, 0.5) is 0 Å². The molecule has 0 bridgehead atoms. The van der Waals surface area contributed by atoms with E-state index in [1.54, 1.807) is 14.2 Å². The van der Waals surface area contributed by atoms with E-state index >= 15 is 0 Å². The Kier molecular flexibility index (Phi) is 3.99. The third-order valence-electron chi connectivity index (χ3n) is 4.25. The zero-order chi connectivity index (χ0) is 16.6. The zero-order valence-corrected chi connectivity index (χ0v) is 13.4. The minimum atomic E-state index is -0.314. The van der Waals surface area contributed by atoms with Crippen LogP contribution in [0.1, 0.15) is 17.0 Å². The van der Waals surface area contributed by atoms with Gasteiger partial charge in [-0.1, -0.05) is 0 Å². The molecule has 1 aliphatic rings. The molecule has 0 saturated heterocycles. The number of hydrogen-bond donors (Lipinski definition) is 0. The maximum Gasteiger partial charge on any atom is 0.330 e. The monoisotopic (exact) mass is 317 g/mol. The van der Waals surface area contributed by atoms with Gasteiger partial charge in [0.05, 0.1) is 12.8 Å². The summed E-state index contributed by atoms with van der Waals surface area (Å²) in [6.45, 7) is 1.94. The van der Waals surface area contributed by atoms with E-state index in [1.807, 2.05) is 0 Å². The Morgan fingerprint density at radius 1 is 1.22 bits per heavy atom. The van der Waals surface area contributed by atoms with E-state index in [4.69, 9.17) is 4.74 Å². The highest BCUT2D eigenvalue weighted by Gasteiger charge is 2.22. The van der Waals surface area contributed by atoms with Gasteiger partial charge in [-0.3, -0.25) is 18.8 Å². The maximum absolute atomic E-state index is 12.0. The smallest absolute Gasteiger partial charge is 0.330 e. The molecule has 2 aromatic rings. The van der Waals surface area contributed by atoms with Gasteiger partial charge in [-0.2, -0.15) is 0 Å². The zero-order valence-electron chi connectivity index (χ0n) is 13.4. The summed E-state index contributed by atoms with van der Waals surface area (Å²) in [5.74, 6) is 0.581. The highest BCUT2D eigenvalue weighted by atomic mass is 16.5. The summed E-state index contributed by atoms with van der Waals surface area (Å²) < 4.78 is 7.92. The molecule has 3 heterocycles. The largest absolute Gasteiger partial charge is 0.481 e. The van der Waals surface area contributed by atoms with Crippen LogP contribution in [0.2, 0.25) is 0 Å². The number of fused-ring (bicyclic) bond motifs is 1. The van der Waals surface area contributed by atoms with E-state index in [2.05, 4.69) is 14.9 Å². The fourth-order valence-electron chi connectivity index (χ4n) is 2.84. The predicted molar refractivity (Wildman–Crippen MR) is 83.3 cm³/mol. The van der Waals surface area contributed by atoms with Gasteiger partial charge in [0.15, 0.2) is 0 Å². The van der Waals surface area contributed by atoms with Gasteiger partial charge in [0.25, 0.3) is 5.56 Å². The number of hydrogen-bond acceptors (Lipinski definition) is 6. The van der Waals surface area contributed by atoms with E-state index < -0.39 is 0 Å². The van der Waals surface area contributed by atoms with Crippen molar-refractivity contribution in [1.29, 1.82) is 0 Å². The number of aromatic nitrogens is 4. The SMILES string of the molecule is COc1ncnc2c1CN(Cc1cc(=O)n(C)c(=O)n1C)CC2. The van der Waals surface area contributed by atoms with E-state index in [-0.39, 0.29) is 11.2 Å². The Morgan fingerprint density at radius 2 is 2.00 bits per heavy atom. The van der Waals surface area contributed by atoms with Crippen LogP contribution in [0, 0.1) is 0 Å². The highest BCUT2D eigenvalue weighted by molar-refractivity contribution is 5.31. The second-order valence-corrected chi connectivity index (χ2v) is 5.64. The summed E-state index contributed by atoms with van der Waals surface area (Å²) in [6.07, 6.45) is 2.30. The number of ether oxygens (including phenoxy) is 1. The molecule has 0 aromatic carbocycles. The number of rotatable bonds is 3. The minimum absolute atomic E-state index is 0.290. The third-order valence-corrected chi connectivity index (χ3v) is 4.25. The highest BCUT2D eigenvalue weighted by Crippen LogP contribution is 2.24. The molecule has 23 heavy (non-hydrogen) atoms. The van der Waals surface area contributed by atoms with Crippen molar-refractivity contribution in [1.82, 2.24) is 24.0 Å². The quantitative estimate of drug-likeness (QED) is 0.755. The van der Waals surface area contributed by atoms with Crippen molar-refractivity contribution < 1.29 is 4.74 Å². The number of nitrogens with zero attached hydrogens (tertiary/aromatic N) is 5. The van der Waals surface area contributed by atoms with Gasteiger partial charge in [-0.15, -0.1) is 0 Å². The lowest BCUT2D eigenvalue weighted by Crippen LogP contribution is -2.40. The molecule has 8 nitrogen and oxygen atoms in total. The van der Waals surface area contributed by atoms with Gasteiger partial charge in [-0.25, -0.2) is 14.8 Å². The van der Waals surface area contributed by atoms with Crippen LogP contribution in [0.5, 0.6) is 5.88 Å². The fraction of sp³-hybridized carbons (Fsp3) is 0.467. The van der Waals surface area contributed by atoms with Crippen LogP contribution in [0.3, 0.4) is 0 Å². The number of methoxy groups -OCH3 is 1. The molecule has 0 amide bonds. The van der Waals surface area contributed by atoms with Gasteiger partial charge in [0.2, 0.25) is 5.88 Å². The molecule has 0 atom stereocenters. The third kappa shape index (κ3) is 2.77. The summed E-state index contributed by atoms with van der Waals surface area (Å²) in [6, 6.07) is 1.51. The molecule has 2 aromatic heterocycles. The van der Waals surface area contributed by atoms with Crippen LogP contribution < -0.4 is 16.0 Å². The van der Waals surface area contributed by atoms with Gasteiger partial charge in [-0.05, 0) is 0 Å². The summed E-state index contributed by atoms with van der Waals surface area (Å²) in [7, 11) is 4.75. The van der Waals surface area contributed by atoms with Crippen LogP contribution in [-0.2, 0) is 33.6 Å². The molecule has 0 saturated carbocycles. The van der Waals surface area contributed by atoms with Crippen LogP contribution in [0.25, 0.3) is 0 Å². The van der Waals surface area contributed by atoms with Crippen molar-refractivity contribution in [3.63, 3.8) is 0 Å². The van der Waals surface area contributed by atoms with E-state index in [0.717, 1.165) is 28.8 Å². The Hall–Kier alpha value is -2.48. The molecular formula is C15H19N5O3. The Bertz CT molecular complexity index is 841. The summed E-state index contributed by atoms with van der Waals surface area (Å²) in [5, 5.41) is 0. The molecule has 0 spiro atoms. The van der Waals surface area contributed by atoms with Crippen LogP contribution in [-0.4, -0.2) is 37.7 Å². The van der Waals surface area contributed by atoms with Crippen molar-refractivity contribution in [3.05, 3.63) is 50.2 Å². The molecule has 0 radical (unpaired) electrons. The van der Waals surface area contributed by atoms with Crippen LogP contribution in [0.15, 0.2) is 22.0 Å². The molecule has 8 heteroatoms. The molecule has 3 rings (SSSR count). The second kappa shape index (κ2) is 5.96. The molecule has 1 aliphatic heterocycles. The summed E-state index contributed by atoms with van der Waals surface area (Å²) in [5.41, 5.74) is 2.05. The van der Waals surface area contributed by atoms with Crippen molar-refractivity contribution in [2.24, 2.45) is 14.1 Å². The molecule has 122 valence electrons. The molecule has 0 aliphatic carbocycles. The first kappa shape index (κ1) is 15.4. The van der Waals surface area contributed by atoms with E-state index in [9.17, 15) is 9.59 Å². The standard InChI is InChI=1S/C15H19N5O3/c1-18-10(6-13(21)19(2)15(18)22)7-20-5-4-12-11(8-20)14(23-3)17-9-16-12/h6,9H,4-5,7-8H2,1-3H3. The van der Waals surface area contributed by atoms with Crippen molar-refractivity contribution in [3.8, 4) is 5.88 Å². The van der Waals surface area contributed by atoms with Crippen molar-refractivity contribution in [2.75, 3.05) is 13.7 Å². The van der Waals surface area contributed by atoms with Crippen LogP contribution >= 0.6 is 0 Å². The average molecular weight is 317 g/mol. The lowest BCUT2D eigenvalue weighted by Gasteiger charge is -2.29. The second-order valence-electron chi connectivity index (χ2n) is 5.64. The fourth-order valence-corrected chi connectivity index (χ4v) is 2.84. The first-order valence-electron chi connectivity index (χ1n) is 7.36. The van der Waals surface area contributed by atoms with Crippen molar-refractivity contribution in [2.45, 2.75) is 19.5 Å². The first-order chi connectivity index (χ1) is 11.0. The minimum Gasteiger partial charge on any atom is -0.481 e. The van der Waals surface area contributed by atoms with Gasteiger partial charge in [0, 0.05) is 57.5 Å². The van der Waals surface area contributed by atoms with E-state index in [1.165, 1.54) is 24.0 Å². The van der Waals surface area contributed by atoms with Gasteiger partial charge < -0.3 is 4.74 Å². The van der Waals surface area contributed by atoms with Gasteiger partial charge >= 0.3 is 5.69 Å². The topological polar surface area (TPSA) is 82.2 Å². The summed E-state index contributed by atoms with van der Waals surface area (Å²) in [4.78, 5) is 34.5. The first-order valence-corrected chi connectivity index (χ1v) is 7.36. The summed E-state index contributed by atoms with van der Waals surface area (Å²) >= 11 is 0. The van der Waals surface area contributed by atoms with E-state index in [0.29, 0.717) is 24.7 Å². The molecule has 0 fully saturated rings. The molecular weight excluding hydrogens is 298 g/mol. The Morgan fingerprint density at radius 3 is 2.74 bits per heavy atom. The van der Waals surface area contributed by atoms with Crippen molar-refractivity contribution >= 4 is 0 Å². The maximum atomic E-state index is 12.0. The lowest BCUT2D eigenvalue weighted by molar-refractivity contribution is 0.229. The Balaban J connectivity index is 1.89. The lowest BCUT2D eigenvalue weighted by atomic mass is 10.1.